The molecule has 4 heteroatoms. The summed E-state index contributed by atoms with van der Waals surface area (Å²) in [6.45, 7) is 10.5. The zero-order chi connectivity index (χ0) is 12.8. The van der Waals surface area contributed by atoms with Crippen molar-refractivity contribution in [3.8, 4) is 0 Å². The first-order valence-corrected chi connectivity index (χ1v) is 6.01. The first-order valence-electron chi connectivity index (χ1n) is 6.01. The van der Waals surface area contributed by atoms with Gasteiger partial charge in [-0.25, -0.2) is 0 Å². The van der Waals surface area contributed by atoms with Crippen LogP contribution in [0.3, 0.4) is 0 Å². The van der Waals surface area contributed by atoms with Gasteiger partial charge in [0.2, 0.25) is 5.91 Å². The molecule has 0 saturated carbocycles. The largest absolute Gasteiger partial charge is 0.378 e. The highest BCUT2D eigenvalue weighted by Gasteiger charge is 2.31. The molecule has 0 bridgehead atoms. The fourth-order valence-electron chi connectivity index (χ4n) is 1.49. The smallest absolute Gasteiger partial charge is 0.237 e. The number of hydrogen-bond acceptors (Lipinski definition) is 3. The molecular weight excluding hydrogens is 204 g/mol. The van der Waals surface area contributed by atoms with Gasteiger partial charge in [-0.3, -0.25) is 4.79 Å². The Labute approximate surface area is 98.9 Å². The molecule has 2 unspecified atom stereocenters. The molecular formula is C12H26N2O2. The van der Waals surface area contributed by atoms with Gasteiger partial charge >= 0.3 is 0 Å². The Bertz CT molecular complexity index is 219. The van der Waals surface area contributed by atoms with E-state index >= 15 is 0 Å². The van der Waals surface area contributed by atoms with Gasteiger partial charge in [0.05, 0.1) is 11.6 Å². The molecule has 0 rings (SSSR count). The first-order chi connectivity index (χ1) is 7.31. The maximum Gasteiger partial charge on any atom is 0.237 e. The van der Waals surface area contributed by atoms with E-state index in [1.807, 2.05) is 27.7 Å². The van der Waals surface area contributed by atoms with Crippen molar-refractivity contribution in [1.82, 2.24) is 5.32 Å². The Morgan fingerprint density at radius 3 is 2.38 bits per heavy atom. The second kappa shape index (κ2) is 6.86. The van der Waals surface area contributed by atoms with Crippen molar-refractivity contribution in [1.29, 1.82) is 0 Å². The van der Waals surface area contributed by atoms with Crippen LogP contribution in [0.5, 0.6) is 0 Å². The highest BCUT2D eigenvalue weighted by molar-refractivity contribution is 5.84. The SMILES string of the molecule is CCC(C)OCCC(C)(NC(C)C)C(N)=O. The normalized spacial score (nSPS) is 17.1. The van der Waals surface area contributed by atoms with Crippen molar-refractivity contribution in [2.24, 2.45) is 5.73 Å². The summed E-state index contributed by atoms with van der Waals surface area (Å²) in [4.78, 5) is 11.4. The van der Waals surface area contributed by atoms with E-state index in [1.54, 1.807) is 0 Å². The van der Waals surface area contributed by atoms with E-state index in [9.17, 15) is 4.79 Å². The van der Waals surface area contributed by atoms with Crippen molar-refractivity contribution < 1.29 is 9.53 Å². The van der Waals surface area contributed by atoms with Gasteiger partial charge in [0.25, 0.3) is 0 Å². The highest BCUT2D eigenvalue weighted by atomic mass is 16.5. The number of carbonyl (C=O) groups is 1. The fraction of sp³-hybridized carbons (Fsp3) is 0.917. The van der Waals surface area contributed by atoms with Gasteiger partial charge < -0.3 is 15.8 Å². The standard InChI is InChI=1S/C12H26N2O2/c1-6-10(4)16-8-7-12(5,11(13)15)14-9(2)3/h9-10,14H,6-8H2,1-5H3,(H2,13,15). The van der Waals surface area contributed by atoms with Crippen molar-refractivity contribution in [2.45, 2.75) is 65.1 Å². The molecule has 96 valence electrons. The van der Waals surface area contributed by atoms with Crippen LogP contribution in [-0.4, -0.2) is 30.2 Å². The number of hydrogen-bond donors (Lipinski definition) is 2. The van der Waals surface area contributed by atoms with Gasteiger partial charge in [-0.05, 0) is 40.5 Å². The van der Waals surface area contributed by atoms with Crippen LogP contribution in [0.2, 0.25) is 0 Å². The predicted molar refractivity (Wildman–Crippen MR) is 66.2 cm³/mol. The summed E-state index contributed by atoms with van der Waals surface area (Å²) in [5.74, 6) is -0.325. The lowest BCUT2D eigenvalue weighted by molar-refractivity contribution is -0.125. The van der Waals surface area contributed by atoms with Crippen LogP contribution in [0, 0.1) is 0 Å². The third-order valence-corrected chi connectivity index (χ3v) is 2.73. The van der Waals surface area contributed by atoms with Crippen LogP contribution in [-0.2, 0) is 9.53 Å². The van der Waals surface area contributed by atoms with E-state index in [0.29, 0.717) is 13.0 Å². The van der Waals surface area contributed by atoms with Gasteiger partial charge in [0.1, 0.15) is 0 Å². The molecule has 0 aliphatic carbocycles. The molecule has 4 nitrogen and oxygen atoms in total. The van der Waals surface area contributed by atoms with Gasteiger partial charge in [0, 0.05) is 12.6 Å². The van der Waals surface area contributed by atoms with Crippen LogP contribution in [0.15, 0.2) is 0 Å². The van der Waals surface area contributed by atoms with E-state index in [1.165, 1.54) is 0 Å². The van der Waals surface area contributed by atoms with Crippen LogP contribution >= 0.6 is 0 Å². The molecule has 0 fully saturated rings. The third-order valence-electron chi connectivity index (χ3n) is 2.73. The molecule has 0 aromatic heterocycles. The fourth-order valence-corrected chi connectivity index (χ4v) is 1.49. The first kappa shape index (κ1) is 15.4. The van der Waals surface area contributed by atoms with Gasteiger partial charge in [0.15, 0.2) is 0 Å². The Hall–Kier alpha value is -0.610. The zero-order valence-corrected chi connectivity index (χ0v) is 11.2. The quantitative estimate of drug-likeness (QED) is 0.663. The van der Waals surface area contributed by atoms with E-state index in [2.05, 4.69) is 12.2 Å². The highest BCUT2D eigenvalue weighted by Crippen LogP contribution is 2.11. The minimum atomic E-state index is -0.679. The minimum Gasteiger partial charge on any atom is -0.378 e. The second-order valence-electron chi connectivity index (χ2n) is 4.84. The molecule has 0 saturated heterocycles. The molecule has 0 aromatic carbocycles. The van der Waals surface area contributed by atoms with E-state index in [4.69, 9.17) is 10.5 Å². The maximum atomic E-state index is 11.4. The van der Waals surface area contributed by atoms with Crippen molar-refractivity contribution in [2.75, 3.05) is 6.61 Å². The Balaban J connectivity index is 4.18. The number of rotatable bonds is 8. The molecule has 0 aromatic rings. The monoisotopic (exact) mass is 230 g/mol. The van der Waals surface area contributed by atoms with Gasteiger partial charge in [-0.2, -0.15) is 0 Å². The average Bonchev–Trinajstić information content (AvgIpc) is 2.16. The van der Waals surface area contributed by atoms with E-state index in [0.717, 1.165) is 6.42 Å². The summed E-state index contributed by atoms with van der Waals surface area (Å²) >= 11 is 0. The summed E-state index contributed by atoms with van der Waals surface area (Å²) in [5.41, 5.74) is 4.73. The zero-order valence-electron chi connectivity index (χ0n) is 11.2. The van der Waals surface area contributed by atoms with Crippen molar-refractivity contribution in [3.05, 3.63) is 0 Å². The molecule has 3 N–H and O–H groups in total. The van der Waals surface area contributed by atoms with Gasteiger partial charge in [-0.1, -0.05) is 6.92 Å². The van der Waals surface area contributed by atoms with Crippen LogP contribution in [0.1, 0.15) is 47.5 Å². The van der Waals surface area contributed by atoms with Gasteiger partial charge in [-0.15, -0.1) is 0 Å². The molecule has 0 aliphatic rings. The average molecular weight is 230 g/mol. The summed E-state index contributed by atoms with van der Waals surface area (Å²) in [7, 11) is 0. The van der Waals surface area contributed by atoms with Crippen molar-refractivity contribution >= 4 is 5.91 Å². The second-order valence-corrected chi connectivity index (χ2v) is 4.84. The van der Waals surface area contributed by atoms with Crippen LogP contribution in [0.25, 0.3) is 0 Å². The Morgan fingerprint density at radius 1 is 1.44 bits per heavy atom. The number of ether oxygens (including phenoxy) is 1. The molecule has 2 atom stereocenters. The van der Waals surface area contributed by atoms with Crippen LogP contribution < -0.4 is 11.1 Å². The lowest BCUT2D eigenvalue weighted by Gasteiger charge is -2.30. The topological polar surface area (TPSA) is 64.3 Å². The summed E-state index contributed by atoms with van der Waals surface area (Å²) < 4.78 is 5.57. The Kier molecular flexibility index (Phi) is 6.60. The molecule has 0 aliphatic heterocycles. The number of primary amides is 1. The third kappa shape index (κ3) is 5.47. The summed E-state index contributed by atoms with van der Waals surface area (Å²) in [6, 6.07) is 0.223. The summed E-state index contributed by atoms with van der Waals surface area (Å²) in [5, 5.41) is 3.19. The molecule has 0 heterocycles. The van der Waals surface area contributed by atoms with Crippen molar-refractivity contribution in [3.63, 3.8) is 0 Å². The molecule has 1 amide bonds. The molecule has 0 spiro atoms. The number of carbonyl (C=O) groups excluding carboxylic acids is 1. The summed E-state index contributed by atoms with van der Waals surface area (Å²) in [6.07, 6.45) is 1.81. The van der Waals surface area contributed by atoms with Crippen LogP contribution in [0.4, 0.5) is 0 Å². The van der Waals surface area contributed by atoms with E-state index in [-0.39, 0.29) is 18.1 Å². The predicted octanol–water partition coefficient (Wildman–Crippen LogP) is 1.43. The van der Waals surface area contributed by atoms with E-state index < -0.39 is 5.54 Å². The minimum absolute atomic E-state index is 0.223. The molecule has 16 heavy (non-hydrogen) atoms. The Morgan fingerprint density at radius 2 is 2.00 bits per heavy atom. The number of nitrogens with one attached hydrogen (secondary N) is 1. The maximum absolute atomic E-state index is 11.4. The molecule has 0 radical (unpaired) electrons. The number of nitrogens with two attached hydrogens (primary N) is 1. The lowest BCUT2D eigenvalue weighted by atomic mass is 9.96. The number of amides is 1. The lowest BCUT2D eigenvalue weighted by Crippen LogP contribution is -2.56.